The number of nitriles is 1. The van der Waals surface area contributed by atoms with Crippen LogP contribution in [-0.2, 0) is 9.05 Å². The van der Waals surface area contributed by atoms with Crippen molar-refractivity contribution in [3.8, 4) is 11.8 Å². The Hall–Kier alpha value is -1.73. The molecule has 0 fully saturated rings. The lowest BCUT2D eigenvalue weighted by Gasteiger charge is -2.13. The lowest BCUT2D eigenvalue weighted by Crippen LogP contribution is -2.20. The van der Waals surface area contributed by atoms with Gasteiger partial charge in [-0.3, -0.25) is 0 Å². The largest absolute Gasteiger partial charge is 0.573 e. The number of alkyl halides is 3. The van der Waals surface area contributed by atoms with Crippen LogP contribution in [0, 0.1) is 11.3 Å². The second kappa shape index (κ2) is 4.51. The van der Waals surface area contributed by atoms with Crippen LogP contribution in [0.3, 0.4) is 0 Å². The first kappa shape index (κ1) is 14.3. The third kappa shape index (κ3) is 3.14. The van der Waals surface area contributed by atoms with Crippen LogP contribution < -0.4 is 10.5 Å². The summed E-state index contributed by atoms with van der Waals surface area (Å²) in [5, 5.41) is 7.34. The Morgan fingerprint density at radius 2 is 2.06 bits per heavy atom. The number of anilines is 1. The molecule has 11 heteroatoms. The lowest BCUT2D eigenvalue weighted by molar-refractivity contribution is -0.275. The molecule has 98 valence electrons. The molecule has 0 radical (unpaired) electrons. The van der Waals surface area contributed by atoms with Crippen molar-refractivity contribution < 1.29 is 26.3 Å². The Labute approximate surface area is 103 Å². The van der Waals surface area contributed by atoms with Gasteiger partial charge in [-0.05, 0) is 0 Å². The topological polar surface area (TPSA) is 106 Å². The highest BCUT2D eigenvalue weighted by Crippen LogP contribution is 2.36. The molecule has 0 aliphatic rings. The van der Waals surface area contributed by atoms with Gasteiger partial charge in [-0.1, -0.05) is 0 Å². The van der Waals surface area contributed by atoms with Gasteiger partial charge >= 0.3 is 6.36 Å². The Morgan fingerprint density at radius 1 is 1.50 bits per heavy atom. The van der Waals surface area contributed by atoms with Gasteiger partial charge in [0.1, 0.15) is 6.07 Å². The summed E-state index contributed by atoms with van der Waals surface area (Å²) in [6, 6.07) is 1.43. The predicted molar refractivity (Wildman–Crippen MR) is 53.1 cm³/mol. The molecule has 0 aromatic carbocycles. The second-order valence-corrected chi connectivity index (χ2v) is 5.30. The maximum Gasteiger partial charge on any atom is 0.573 e. The van der Waals surface area contributed by atoms with Crippen molar-refractivity contribution in [2.45, 2.75) is 11.4 Å². The summed E-state index contributed by atoms with van der Waals surface area (Å²) in [6.07, 6.45) is -4.53. The van der Waals surface area contributed by atoms with Crippen LogP contribution in [0.5, 0.6) is 5.75 Å². The minimum Gasteiger partial charge on any atom is -0.400 e. The number of nitrogens with zero attached hydrogens (tertiary/aromatic N) is 2. The molecule has 0 amide bonds. The molecule has 0 bridgehead atoms. The quantitative estimate of drug-likeness (QED) is 0.827. The molecule has 1 rings (SSSR count). The average Bonchev–Trinajstić information content (AvgIpc) is 2.17. The number of hydrogen-bond donors (Lipinski definition) is 1. The van der Waals surface area contributed by atoms with Gasteiger partial charge in [-0.15, -0.1) is 13.2 Å². The zero-order chi connectivity index (χ0) is 14.1. The molecule has 18 heavy (non-hydrogen) atoms. The Balaban J connectivity index is 3.57. The molecular formula is C7H3ClF3N3O3S. The summed E-state index contributed by atoms with van der Waals surface area (Å²) in [5.41, 5.74) is 3.90. The number of nitrogen functional groups attached to an aromatic ring is 1. The first-order valence-electron chi connectivity index (χ1n) is 3.95. The van der Waals surface area contributed by atoms with Gasteiger partial charge in [0.15, 0.2) is 5.75 Å². The van der Waals surface area contributed by atoms with E-state index in [1.165, 1.54) is 6.07 Å². The first-order valence-corrected chi connectivity index (χ1v) is 6.26. The molecule has 1 aromatic rings. The van der Waals surface area contributed by atoms with Crippen molar-refractivity contribution in [2.24, 2.45) is 0 Å². The molecule has 0 aliphatic heterocycles. The van der Waals surface area contributed by atoms with E-state index >= 15 is 0 Å². The Bertz CT molecular complexity index is 623. The highest BCUT2D eigenvalue weighted by Gasteiger charge is 2.36. The summed E-state index contributed by atoms with van der Waals surface area (Å²) in [6.45, 7) is 0. The number of pyridine rings is 1. The van der Waals surface area contributed by atoms with Crippen molar-refractivity contribution in [2.75, 3.05) is 5.73 Å². The third-order valence-electron chi connectivity index (χ3n) is 1.61. The van der Waals surface area contributed by atoms with Crippen LogP contribution >= 0.6 is 10.7 Å². The summed E-state index contributed by atoms with van der Waals surface area (Å²) < 4.78 is 61.7. The van der Waals surface area contributed by atoms with E-state index < -0.39 is 37.4 Å². The van der Waals surface area contributed by atoms with Gasteiger partial charge < -0.3 is 10.5 Å². The van der Waals surface area contributed by atoms with Gasteiger partial charge in [0, 0.05) is 16.9 Å². The van der Waals surface area contributed by atoms with Gasteiger partial charge in [0.05, 0.1) is 11.3 Å². The van der Waals surface area contributed by atoms with E-state index in [2.05, 4.69) is 9.72 Å². The molecule has 6 nitrogen and oxygen atoms in total. The fourth-order valence-electron chi connectivity index (χ4n) is 0.966. The fourth-order valence-corrected chi connectivity index (χ4v) is 1.85. The maximum absolute atomic E-state index is 12.1. The molecule has 1 aromatic heterocycles. The number of aromatic nitrogens is 1. The van der Waals surface area contributed by atoms with E-state index in [0.29, 0.717) is 6.20 Å². The van der Waals surface area contributed by atoms with Crippen LogP contribution in [0.4, 0.5) is 18.9 Å². The van der Waals surface area contributed by atoms with E-state index in [-0.39, 0.29) is 0 Å². The van der Waals surface area contributed by atoms with Crippen LogP contribution in [0.25, 0.3) is 0 Å². The van der Waals surface area contributed by atoms with Gasteiger partial charge in [0.25, 0.3) is 9.05 Å². The van der Waals surface area contributed by atoms with Gasteiger partial charge in [-0.25, -0.2) is 13.4 Å². The Kier molecular flexibility index (Phi) is 3.59. The van der Waals surface area contributed by atoms with Crippen molar-refractivity contribution in [1.29, 1.82) is 5.26 Å². The summed E-state index contributed by atoms with van der Waals surface area (Å²) in [7, 11) is 0.277. The molecule has 0 saturated carbocycles. The van der Waals surface area contributed by atoms with E-state index in [1.54, 1.807) is 0 Å². The van der Waals surface area contributed by atoms with Crippen LogP contribution in [0.15, 0.2) is 11.2 Å². The predicted octanol–water partition coefficient (Wildman–Crippen LogP) is 1.36. The molecule has 0 unspecified atom stereocenters. The average molecular weight is 302 g/mol. The van der Waals surface area contributed by atoms with Crippen molar-refractivity contribution >= 4 is 25.4 Å². The van der Waals surface area contributed by atoms with E-state index in [9.17, 15) is 21.6 Å². The number of nitrogens with two attached hydrogens (primary N) is 1. The molecule has 0 spiro atoms. The monoisotopic (exact) mass is 301 g/mol. The molecule has 0 atom stereocenters. The second-order valence-electron chi connectivity index (χ2n) is 2.82. The normalized spacial score (nSPS) is 11.9. The standard InChI is InChI=1S/C7H3ClF3N3O3S/c8-18(15,16)6-5(17-7(9,10)11)4(13)3(1-12)2-14-6/h2H,(H2,13,14). The number of ether oxygens (including phenoxy) is 1. The van der Waals surface area contributed by atoms with Crippen molar-refractivity contribution in [3.05, 3.63) is 11.8 Å². The van der Waals surface area contributed by atoms with Crippen molar-refractivity contribution in [3.63, 3.8) is 0 Å². The molecule has 1 heterocycles. The molecule has 0 aliphatic carbocycles. The minimum atomic E-state index is -5.21. The van der Waals surface area contributed by atoms with Gasteiger partial charge in [0.2, 0.25) is 5.03 Å². The molecule has 0 saturated heterocycles. The van der Waals surface area contributed by atoms with Crippen LogP contribution in [-0.4, -0.2) is 19.8 Å². The first-order chi connectivity index (χ1) is 8.06. The number of rotatable bonds is 2. The highest BCUT2D eigenvalue weighted by atomic mass is 35.7. The third-order valence-corrected chi connectivity index (χ3v) is 2.80. The van der Waals surface area contributed by atoms with Crippen molar-refractivity contribution in [1.82, 2.24) is 4.98 Å². The van der Waals surface area contributed by atoms with E-state index in [0.717, 1.165) is 0 Å². The summed E-state index contributed by atoms with van der Waals surface area (Å²) in [5.74, 6) is -1.32. The van der Waals surface area contributed by atoms with E-state index in [1.807, 2.05) is 0 Å². The Morgan fingerprint density at radius 3 is 2.44 bits per heavy atom. The smallest absolute Gasteiger partial charge is 0.400 e. The molecule has 2 N–H and O–H groups in total. The zero-order valence-electron chi connectivity index (χ0n) is 8.19. The SMILES string of the molecule is N#Cc1cnc(S(=O)(=O)Cl)c(OC(F)(F)F)c1N. The van der Waals surface area contributed by atoms with Crippen LogP contribution in [0.2, 0.25) is 0 Å². The lowest BCUT2D eigenvalue weighted by atomic mass is 10.2. The number of halogens is 4. The zero-order valence-corrected chi connectivity index (χ0v) is 9.77. The maximum atomic E-state index is 12.1. The van der Waals surface area contributed by atoms with E-state index in [4.69, 9.17) is 21.7 Å². The summed E-state index contributed by atoms with van der Waals surface area (Å²) >= 11 is 0. The van der Waals surface area contributed by atoms with Crippen LogP contribution in [0.1, 0.15) is 5.56 Å². The molecular weight excluding hydrogens is 299 g/mol. The number of hydrogen-bond acceptors (Lipinski definition) is 6. The van der Waals surface area contributed by atoms with Gasteiger partial charge in [-0.2, -0.15) is 5.26 Å². The fraction of sp³-hybridized carbons (Fsp3) is 0.143. The minimum absolute atomic E-state index is 0.474. The highest BCUT2D eigenvalue weighted by molar-refractivity contribution is 8.13. The summed E-state index contributed by atoms with van der Waals surface area (Å²) in [4.78, 5) is 3.12.